The predicted molar refractivity (Wildman–Crippen MR) is 98.8 cm³/mol. The van der Waals surface area contributed by atoms with Gasteiger partial charge in [-0.05, 0) is 44.5 Å². The molecule has 0 bridgehead atoms. The SMILES string of the molecule is Cc1ccc(N2C(=O)/C(=C/c3ccccc3)NC2=NC(C)C)cc1. The first-order valence-electron chi connectivity index (χ1n) is 8.07. The zero-order valence-electron chi connectivity index (χ0n) is 14.2. The number of amides is 1. The summed E-state index contributed by atoms with van der Waals surface area (Å²) in [6.45, 7) is 6.01. The number of nitrogens with zero attached hydrogens (tertiary/aromatic N) is 2. The van der Waals surface area contributed by atoms with E-state index in [4.69, 9.17) is 0 Å². The van der Waals surface area contributed by atoms with E-state index in [1.165, 1.54) is 0 Å². The van der Waals surface area contributed by atoms with Crippen LogP contribution in [0.3, 0.4) is 0 Å². The third-order valence-corrected chi connectivity index (χ3v) is 3.68. The molecule has 0 aliphatic carbocycles. The predicted octanol–water partition coefficient (Wildman–Crippen LogP) is 3.74. The fourth-order valence-corrected chi connectivity index (χ4v) is 2.53. The largest absolute Gasteiger partial charge is 0.321 e. The molecular weight excluding hydrogens is 298 g/mol. The maximum atomic E-state index is 12.9. The van der Waals surface area contributed by atoms with Crippen molar-refractivity contribution < 1.29 is 4.79 Å². The molecule has 2 aromatic carbocycles. The Labute approximate surface area is 142 Å². The van der Waals surface area contributed by atoms with Gasteiger partial charge in [-0.1, -0.05) is 48.0 Å². The van der Waals surface area contributed by atoms with E-state index in [2.05, 4.69) is 10.3 Å². The summed E-state index contributed by atoms with van der Waals surface area (Å²) in [5.41, 5.74) is 3.47. The van der Waals surface area contributed by atoms with Crippen LogP contribution in [0.2, 0.25) is 0 Å². The van der Waals surface area contributed by atoms with Crippen LogP contribution in [0.1, 0.15) is 25.0 Å². The Morgan fingerprint density at radius 3 is 2.33 bits per heavy atom. The topological polar surface area (TPSA) is 44.7 Å². The van der Waals surface area contributed by atoms with Crippen LogP contribution in [0.15, 0.2) is 65.3 Å². The number of guanidine groups is 1. The minimum atomic E-state index is -0.0953. The maximum absolute atomic E-state index is 12.9. The Morgan fingerprint density at radius 1 is 1.04 bits per heavy atom. The number of hydrogen-bond donors (Lipinski definition) is 1. The van der Waals surface area contributed by atoms with Crippen LogP contribution < -0.4 is 10.2 Å². The summed E-state index contributed by atoms with van der Waals surface area (Å²) in [5, 5.41) is 3.17. The standard InChI is InChI=1S/C20H21N3O/c1-14(2)21-20-22-18(13-16-7-5-4-6-8-16)19(24)23(20)17-11-9-15(3)10-12-17/h4-14H,1-3H3,(H,21,22)/b18-13-. The summed E-state index contributed by atoms with van der Waals surface area (Å²) in [6.07, 6.45) is 1.85. The smallest absolute Gasteiger partial charge is 0.281 e. The van der Waals surface area contributed by atoms with Gasteiger partial charge in [-0.25, -0.2) is 9.89 Å². The van der Waals surface area contributed by atoms with Gasteiger partial charge in [0.25, 0.3) is 5.91 Å². The average molecular weight is 319 g/mol. The summed E-state index contributed by atoms with van der Waals surface area (Å²) >= 11 is 0. The first kappa shape index (κ1) is 16.0. The number of hydrogen-bond acceptors (Lipinski definition) is 2. The van der Waals surface area contributed by atoms with Crippen molar-refractivity contribution in [1.29, 1.82) is 0 Å². The van der Waals surface area contributed by atoms with E-state index in [1.807, 2.05) is 81.4 Å². The second-order valence-electron chi connectivity index (χ2n) is 6.12. The third kappa shape index (κ3) is 3.38. The molecule has 4 nitrogen and oxygen atoms in total. The van der Waals surface area contributed by atoms with Gasteiger partial charge in [0.2, 0.25) is 5.96 Å². The van der Waals surface area contributed by atoms with Crippen molar-refractivity contribution in [2.24, 2.45) is 4.99 Å². The highest BCUT2D eigenvalue weighted by molar-refractivity contribution is 6.29. The molecule has 1 aliphatic rings. The van der Waals surface area contributed by atoms with Crippen molar-refractivity contribution in [2.75, 3.05) is 4.90 Å². The summed E-state index contributed by atoms with van der Waals surface area (Å²) < 4.78 is 0. The van der Waals surface area contributed by atoms with E-state index in [0.717, 1.165) is 16.8 Å². The van der Waals surface area contributed by atoms with Crippen LogP contribution in [0.4, 0.5) is 5.69 Å². The summed E-state index contributed by atoms with van der Waals surface area (Å²) in [6, 6.07) is 17.8. The zero-order valence-corrected chi connectivity index (χ0v) is 14.2. The van der Waals surface area contributed by atoms with E-state index in [9.17, 15) is 4.79 Å². The lowest BCUT2D eigenvalue weighted by Crippen LogP contribution is -2.33. The first-order valence-corrected chi connectivity index (χ1v) is 8.07. The Balaban J connectivity index is 2.01. The minimum absolute atomic E-state index is 0.0873. The minimum Gasteiger partial charge on any atom is -0.321 e. The van der Waals surface area contributed by atoms with Gasteiger partial charge in [0, 0.05) is 6.04 Å². The summed E-state index contributed by atoms with van der Waals surface area (Å²) in [4.78, 5) is 19.1. The fourth-order valence-electron chi connectivity index (χ4n) is 2.53. The Morgan fingerprint density at radius 2 is 1.71 bits per heavy atom. The second-order valence-corrected chi connectivity index (χ2v) is 6.12. The Kier molecular flexibility index (Phi) is 4.47. The molecule has 0 saturated carbocycles. The van der Waals surface area contributed by atoms with E-state index in [-0.39, 0.29) is 11.9 Å². The van der Waals surface area contributed by atoms with Crippen molar-refractivity contribution >= 4 is 23.6 Å². The number of nitrogens with one attached hydrogen (secondary N) is 1. The maximum Gasteiger partial charge on any atom is 0.281 e. The van der Waals surface area contributed by atoms with E-state index >= 15 is 0 Å². The second kappa shape index (κ2) is 6.71. The van der Waals surface area contributed by atoms with E-state index in [0.29, 0.717) is 11.7 Å². The quantitative estimate of drug-likeness (QED) is 0.876. The molecule has 0 spiro atoms. The molecule has 0 radical (unpaired) electrons. The van der Waals surface area contributed by atoms with Crippen LogP contribution in [0.5, 0.6) is 0 Å². The summed E-state index contributed by atoms with van der Waals surface area (Å²) in [5.74, 6) is 0.475. The number of anilines is 1. The lowest BCUT2D eigenvalue weighted by atomic mass is 10.2. The number of benzene rings is 2. The third-order valence-electron chi connectivity index (χ3n) is 3.68. The molecule has 0 unspecified atom stereocenters. The van der Waals surface area contributed by atoms with Crippen LogP contribution in [-0.2, 0) is 4.79 Å². The van der Waals surface area contributed by atoms with Crippen molar-refractivity contribution in [3.05, 3.63) is 71.4 Å². The highest BCUT2D eigenvalue weighted by atomic mass is 16.2. The van der Waals surface area contributed by atoms with Crippen molar-refractivity contribution in [3.8, 4) is 0 Å². The van der Waals surface area contributed by atoms with E-state index < -0.39 is 0 Å². The molecular formula is C20H21N3O. The normalized spacial score (nSPS) is 17.8. The van der Waals surface area contributed by atoms with Crippen LogP contribution >= 0.6 is 0 Å². The van der Waals surface area contributed by atoms with Gasteiger partial charge in [0.15, 0.2) is 0 Å². The highest BCUT2D eigenvalue weighted by Gasteiger charge is 2.33. The van der Waals surface area contributed by atoms with Crippen LogP contribution in [-0.4, -0.2) is 17.9 Å². The molecule has 1 heterocycles. The van der Waals surface area contributed by atoms with E-state index in [1.54, 1.807) is 4.90 Å². The van der Waals surface area contributed by atoms with Crippen molar-refractivity contribution in [2.45, 2.75) is 26.8 Å². The Bertz CT molecular complexity index is 789. The zero-order chi connectivity index (χ0) is 17.1. The number of rotatable bonds is 3. The Hall–Kier alpha value is -2.88. The lowest BCUT2D eigenvalue weighted by Gasteiger charge is -2.16. The molecule has 1 aliphatic heterocycles. The van der Waals surface area contributed by atoms with Gasteiger partial charge >= 0.3 is 0 Å². The molecule has 2 aromatic rings. The van der Waals surface area contributed by atoms with Gasteiger partial charge in [0.1, 0.15) is 5.70 Å². The van der Waals surface area contributed by atoms with Crippen LogP contribution in [0.25, 0.3) is 6.08 Å². The summed E-state index contributed by atoms with van der Waals surface area (Å²) in [7, 11) is 0. The highest BCUT2D eigenvalue weighted by Crippen LogP contribution is 2.23. The molecule has 122 valence electrons. The lowest BCUT2D eigenvalue weighted by molar-refractivity contribution is -0.113. The molecule has 1 amide bonds. The monoisotopic (exact) mass is 319 g/mol. The molecule has 1 N–H and O–H groups in total. The molecule has 24 heavy (non-hydrogen) atoms. The average Bonchev–Trinajstić information content (AvgIpc) is 2.84. The molecule has 1 saturated heterocycles. The van der Waals surface area contributed by atoms with Gasteiger partial charge in [-0.3, -0.25) is 4.79 Å². The molecule has 0 atom stereocenters. The van der Waals surface area contributed by atoms with Gasteiger partial charge < -0.3 is 5.32 Å². The van der Waals surface area contributed by atoms with Gasteiger partial charge in [-0.2, -0.15) is 0 Å². The number of carbonyl (C=O) groups excluding carboxylic acids is 1. The molecule has 4 heteroatoms. The first-order chi connectivity index (χ1) is 11.5. The number of aryl methyl sites for hydroxylation is 1. The van der Waals surface area contributed by atoms with Crippen molar-refractivity contribution in [3.63, 3.8) is 0 Å². The number of aliphatic imine (C=N–C) groups is 1. The molecule has 3 rings (SSSR count). The van der Waals surface area contributed by atoms with Crippen molar-refractivity contribution in [1.82, 2.24) is 5.32 Å². The molecule has 1 fully saturated rings. The fraction of sp³-hybridized carbons (Fsp3) is 0.200. The van der Waals surface area contributed by atoms with Crippen LogP contribution in [0, 0.1) is 6.92 Å². The number of carbonyl (C=O) groups is 1. The van der Waals surface area contributed by atoms with Gasteiger partial charge in [0.05, 0.1) is 5.69 Å². The van der Waals surface area contributed by atoms with Gasteiger partial charge in [-0.15, -0.1) is 0 Å². The molecule has 0 aromatic heterocycles.